The molecule has 1 aliphatic rings. The molecule has 0 aliphatic heterocycles. The van der Waals surface area contributed by atoms with Gasteiger partial charge in [-0.25, -0.2) is 4.79 Å². The van der Waals surface area contributed by atoms with Gasteiger partial charge in [0.25, 0.3) is 0 Å². The van der Waals surface area contributed by atoms with E-state index in [1.165, 1.54) is 19.2 Å². The molecule has 0 saturated heterocycles. The third-order valence-electron chi connectivity index (χ3n) is 6.21. The Kier molecular flexibility index (Phi) is 9.44. The summed E-state index contributed by atoms with van der Waals surface area (Å²) in [6, 6.07) is 9.74. The number of rotatable bonds is 9. The second kappa shape index (κ2) is 12.5. The maximum absolute atomic E-state index is 13.7. The van der Waals surface area contributed by atoms with Crippen molar-refractivity contribution in [2.24, 2.45) is 5.92 Å². The highest BCUT2D eigenvalue weighted by Gasteiger charge is 2.34. The fourth-order valence-corrected chi connectivity index (χ4v) is 4.48. The minimum absolute atomic E-state index is 0.00617. The Labute approximate surface area is 209 Å². The molecule has 1 N–H and O–H groups in total. The summed E-state index contributed by atoms with van der Waals surface area (Å²) in [5.74, 6) is -0.660. The van der Waals surface area contributed by atoms with E-state index in [9.17, 15) is 18.4 Å². The number of alkyl halides is 2. The molecule has 0 spiro atoms. The number of hydrogen-bond acceptors (Lipinski definition) is 6. The van der Waals surface area contributed by atoms with E-state index >= 15 is 0 Å². The van der Waals surface area contributed by atoms with Crippen molar-refractivity contribution in [1.82, 2.24) is 4.98 Å². The quantitative estimate of drug-likeness (QED) is 0.422. The Morgan fingerprint density at radius 2 is 1.81 bits per heavy atom. The van der Waals surface area contributed by atoms with Crippen LogP contribution in [0.15, 0.2) is 36.4 Å². The number of aromatic nitrogens is 1. The van der Waals surface area contributed by atoms with Crippen molar-refractivity contribution in [3.05, 3.63) is 42.0 Å². The molecule has 36 heavy (non-hydrogen) atoms. The summed E-state index contributed by atoms with van der Waals surface area (Å²) < 4.78 is 40.8. The molecular weight excluding hydrogens is 472 g/mol. The fraction of sp³-hybridized carbons (Fsp3) is 0.500. The number of hydrogen-bond donors (Lipinski definition) is 1. The van der Waals surface area contributed by atoms with Crippen LogP contribution in [-0.4, -0.2) is 43.4 Å². The number of methoxy groups -OCH3 is 1. The van der Waals surface area contributed by atoms with E-state index in [4.69, 9.17) is 9.47 Å². The number of nitrogens with zero attached hydrogens (tertiary/aromatic N) is 2. The lowest BCUT2D eigenvalue weighted by atomic mass is 9.84. The zero-order valence-electron chi connectivity index (χ0n) is 21.0. The number of carbonyl (C=O) groups excluding carboxylic acids is 2. The first kappa shape index (κ1) is 27.2. The van der Waals surface area contributed by atoms with Gasteiger partial charge in [-0.2, -0.15) is 13.8 Å². The number of halogens is 2. The number of ether oxygens (including phenoxy) is 3. The number of nitrogens with one attached hydrogen (secondary N) is 1. The molecule has 1 saturated carbocycles. The SMILES string of the molecule is CCOC(=O)[C@H]1CC[C@H](N(C(=O)Nc2ccc(OC)nc2OC(F)F)c2ccccc2C(C)C)CC1. The van der Waals surface area contributed by atoms with Crippen molar-refractivity contribution in [3.8, 4) is 11.8 Å². The number of anilines is 2. The van der Waals surface area contributed by atoms with Crippen LogP contribution in [0.25, 0.3) is 0 Å². The van der Waals surface area contributed by atoms with E-state index in [1.54, 1.807) is 11.8 Å². The van der Waals surface area contributed by atoms with Crippen molar-refractivity contribution in [1.29, 1.82) is 0 Å². The molecule has 8 nitrogen and oxygen atoms in total. The molecule has 1 heterocycles. The Balaban J connectivity index is 1.93. The van der Waals surface area contributed by atoms with Crippen LogP contribution in [0.1, 0.15) is 57.9 Å². The molecule has 0 atom stereocenters. The average Bonchev–Trinajstić information content (AvgIpc) is 2.85. The summed E-state index contributed by atoms with van der Waals surface area (Å²) >= 11 is 0. The predicted molar refractivity (Wildman–Crippen MR) is 132 cm³/mol. The number of carbonyl (C=O) groups is 2. The van der Waals surface area contributed by atoms with Crippen molar-refractivity contribution in [2.45, 2.75) is 65.0 Å². The van der Waals surface area contributed by atoms with Gasteiger partial charge in [0, 0.05) is 17.8 Å². The van der Waals surface area contributed by atoms with Gasteiger partial charge in [0.05, 0.1) is 19.6 Å². The lowest BCUT2D eigenvalue weighted by molar-refractivity contribution is -0.149. The molecule has 196 valence electrons. The Morgan fingerprint density at radius 1 is 1.11 bits per heavy atom. The van der Waals surface area contributed by atoms with E-state index in [0.717, 1.165) is 11.3 Å². The Morgan fingerprint density at radius 3 is 2.42 bits per heavy atom. The van der Waals surface area contributed by atoms with Gasteiger partial charge in [0.15, 0.2) is 0 Å². The van der Waals surface area contributed by atoms with Crippen LogP contribution in [-0.2, 0) is 9.53 Å². The average molecular weight is 506 g/mol. The van der Waals surface area contributed by atoms with Crippen molar-refractivity contribution >= 4 is 23.4 Å². The van der Waals surface area contributed by atoms with Crippen LogP contribution in [0.2, 0.25) is 0 Å². The summed E-state index contributed by atoms with van der Waals surface area (Å²) in [6.07, 6.45) is 2.34. The zero-order valence-corrected chi connectivity index (χ0v) is 21.0. The maximum atomic E-state index is 13.7. The number of amides is 2. The predicted octanol–water partition coefficient (Wildman–Crippen LogP) is 5.98. The third-order valence-corrected chi connectivity index (χ3v) is 6.21. The summed E-state index contributed by atoms with van der Waals surface area (Å²) in [4.78, 5) is 31.5. The van der Waals surface area contributed by atoms with Gasteiger partial charge in [0.1, 0.15) is 5.69 Å². The molecule has 2 amide bonds. The second-order valence-electron chi connectivity index (χ2n) is 8.86. The molecule has 2 aromatic rings. The summed E-state index contributed by atoms with van der Waals surface area (Å²) in [7, 11) is 1.35. The Hall–Kier alpha value is -3.43. The monoisotopic (exact) mass is 505 g/mol. The molecule has 10 heteroatoms. The van der Waals surface area contributed by atoms with Crippen LogP contribution in [0.4, 0.5) is 25.0 Å². The van der Waals surface area contributed by atoms with Gasteiger partial charge in [0.2, 0.25) is 11.8 Å². The van der Waals surface area contributed by atoms with Crippen molar-refractivity contribution < 1.29 is 32.6 Å². The number of benzene rings is 1. The first-order chi connectivity index (χ1) is 17.2. The van der Waals surface area contributed by atoms with E-state index in [-0.39, 0.29) is 35.4 Å². The fourth-order valence-electron chi connectivity index (χ4n) is 4.48. The smallest absolute Gasteiger partial charge is 0.388 e. The van der Waals surface area contributed by atoms with Crippen LogP contribution in [0.5, 0.6) is 11.8 Å². The molecule has 1 aromatic heterocycles. The molecule has 3 rings (SSSR count). The van der Waals surface area contributed by atoms with Crippen LogP contribution in [0.3, 0.4) is 0 Å². The van der Waals surface area contributed by atoms with Gasteiger partial charge >= 0.3 is 18.6 Å². The molecule has 0 unspecified atom stereocenters. The maximum Gasteiger partial charge on any atom is 0.388 e. The standard InChI is InChI=1S/C26H33F2N3O5/c1-5-35-24(32)17-10-12-18(13-11-17)31(21-9-7-6-8-19(21)16(2)3)26(33)29-20-14-15-22(34-4)30-23(20)36-25(27)28/h6-9,14-18,25H,5,10-13H2,1-4H3,(H,29,33)/t17-,18-. The lowest BCUT2D eigenvalue weighted by Crippen LogP contribution is -2.46. The Bertz CT molecular complexity index is 1040. The van der Waals surface area contributed by atoms with Crippen LogP contribution in [0, 0.1) is 5.92 Å². The second-order valence-corrected chi connectivity index (χ2v) is 8.86. The highest BCUT2D eigenvalue weighted by Crippen LogP contribution is 2.36. The zero-order chi connectivity index (χ0) is 26.2. The summed E-state index contributed by atoms with van der Waals surface area (Å²) in [6.45, 7) is 3.05. The van der Waals surface area contributed by atoms with Crippen molar-refractivity contribution in [2.75, 3.05) is 23.9 Å². The largest absolute Gasteiger partial charge is 0.481 e. The van der Waals surface area contributed by atoms with Crippen LogP contribution < -0.4 is 19.7 Å². The highest BCUT2D eigenvalue weighted by atomic mass is 19.3. The van der Waals surface area contributed by atoms with Gasteiger partial charge in [-0.1, -0.05) is 32.0 Å². The minimum Gasteiger partial charge on any atom is -0.481 e. The minimum atomic E-state index is -3.13. The molecule has 1 fully saturated rings. The molecule has 1 aromatic carbocycles. The van der Waals surface area contributed by atoms with E-state index in [0.29, 0.717) is 32.3 Å². The lowest BCUT2D eigenvalue weighted by Gasteiger charge is -2.37. The summed E-state index contributed by atoms with van der Waals surface area (Å²) in [5.41, 5.74) is 1.69. The van der Waals surface area contributed by atoms with Crippen molar-refractivity contribution in [3.63, 3.8) is 0 Å². The van der Waals surface area contributed by atoms with E-state index < -0.39 is 18.5 Å². The molecule has 1 aliphatic carbocycles. The van der Waals surface area contributed by atoms with E-state index in [1.807, 2.05) is 38.1 Å². The number of urea groups is 1. The number of para-hydroxylation sites is 1. The van der Waals surface area contributed by atoms with Crippen LogP contribution >= 0.6 is 0 Å². The molecule has 0 bridgehead atoms. The van der Waals surface area contributed by atoms with Gasteiger partial charge in [-0.05, 0) is 56.2 Å². The third kappa shape index (κ3) is 6.61. The topological polar surface area (TPSA) is 90.0 Å². The number of pyridine rings is 1. The highest BCUT2D eigenvalue weighted by molar-refractivity contribution is 6.03. The molecule has 0 radical (unpaired) electrons. The van der Waals surface area contributed by atoms with Gasteiger partial charge < -0.3 is 19.5 Å². The first-order valence-corrected chi connectivity index (χ1v) is 12.1. The number of esters is 1. The molecular formula is C26H33F2N3O5. The van der Waals surface area contributed by atoms with Gasteiger partial charge in [-0.3, -0.25) is 9.69 Å². The normalized spacial score (nSPS) is 17.6. The first-order valence-electron chi connectivity index (χ1n) is 12.1. The van der Waals surface area contributed by atoms with E-state index in [2.05, 4.69) is 15.0 Å². The van der Waals surface area contributed by atoms with Gasteiger partial charge in [-0.15, -0.1) is 0 Å². The summed E-state index contributed by atoms with van der Waals surface area (Å²) in [5, 5.41) is 2.70.